The molecule has 1 aliphatic carbocycles. The van der Waals surface area contributed by atoms with Gasteiger partial charge in [-0.2, -0.15) is 0 Å². The van der Waals surface area contributed by atoms with E-state index in [0.29, 0.717) is 11.7 Å². The molecule has 0 radical (unpaired) electrons. The zero-order chi connectivity index (χ0) is 14.9. The summed E-state index contributed by atoms with van der Waals surface area (Å²) < 4.78 is 0. The molecule has 110 valence electrons. The number of benzene rings is 1. The van der Waals surface area contributed by atoms with E-state index in [1.54, 1.807) is 6.20 Å². The highest BCUT2D eigenvalue weighted by Gasteiger charge is 2.42. The van der Waals surface area contributed by atoms with Crippen molar-refractivity contribution in [1.82, 2.24) is 4.98 Å². The van der Waals surface area contributed by atoms with Crippen LogP contribution in [0.3, 0.4) is 0 Å². The molecule has 0 bridgehead atoms. The average molecular weight is 281 g/mol. The third-order valence-electron chi connectivity index (χ3n) is 4.75. The van der Waals surface area contributed by atoms with Crippen LogP contribution in [0, 0.1) is 11.3 Å². The first kappa shape index (κ1) is 14.2. The van der Waals surface area contributed by atoms with E-state index in [-0.39, 0.29) is 5.41 Å². The van der Waals surface area contributed by atoms with Gasteiger partial charge in [-0.1, -0.05) is 51.0 Å². The molecular formula is C19H23NO. The quantitative estimate of drug-likeness (QED) is 0.736. The fourth-order valence-electron chi connectivity index (χ4n) is 3.94. The topological polar surface area (TPSA) is 30.0 Å². The van der Waals surface area contributed by atoms with E-state index in [1.165, 1.54) is 12.8 Å². The van der Waals surface area contributed by atoms with Gasteiger partial charge in [-0.25, -0.2) is 0 Å². The second kappa shape index (κ2) is 5.59. The van der Waals surface area contributed by atoms with E-state index in [1.807, 2.05) is 30.5 Å². The molecule has 0 unspecified atom stereocenters. The lowest BCUT2D eigenvalue weighted by atomic mass is 9.73. The average Bonchev–Trinajstić information content (AvgIpc) is 2.95. The number of aromatic nitrogens is 1. The molecule has 0 N–H and O–H groups in total. The fraction of sp³-hybridized carbons (Fsp3) is 0.474. The molecule has 0 saturated heterocycles. The van der Waals surface area contributed by atoms with Crippen molar-refractivity contribution in [2.45, 2.75) is 46.0 Å². The number of Topliss-reactive ketones (excluding diaryl/α,β-unsaturated/α-hetero) is 1. The van der Waals surface area contributed by atoms with E-state index >= 15 is 0 Å². The standard InChI is InChI=1S/C19H23NO/c1-14(2)11-19(9-5-6-10-19)18(21)17-13-20-12-15-7-3-4-8-16(15)17/h3-4,7-8,12-14H,5-6,9-11H2,1-2H3. The van der Waals surface area contributed by atoms with Crippen molar-refractivity contribution >= 4 is 16.6 Å². The Morgan fingerprint density at radius 1 is 1.19 bits per heavy atom. The third kappa shape index (κ3) is 2.59. The van der Waals surface area contributed by atoms with Crippen molar-refractivity contribution in [2.24, 2.45) is 11.3 Å². The first-order chi connectivity index (χ1) is 10.1. The van der Waals surface area contributed by atoms with E-state index < -0.39 is 0 Å². The second-order valence-corrected chi connectivity index (χ2v) is 6.82. The van der Waals surface area contributed by atoms with Gasteiger partial charge in [0, 0.05) is 28.8 Å². The molecule has 1 saturated carbocycles. The number of ketones is 1. The Balaban J connectivity index is 2.06. The second-order valence-electron chi connectivity index (χ2n) is 6.82. The number of carbonyl (C=O) groups excluding carboxylic acids is 1. The number of hydrogen-bond donors (Lipinski definition) is 0. The summed E-state index contributed by atoms with van der Waals surface area (Å²) in [4.78, 5) is 17.6. The molecule has 2 heteroatoms. The van der Waals surface area contributed by atoms with Gasteiger partial charge >= 0.3 is 0 Å². The summed E-state index contributed by atoms with van der Waals surface area (Å²) in [5.41, 5.74) is 0.663. The summed E-state index contributed by atoms with van der Waals surface area (Å²) in [5, 5.41) is 2.11. The van der Waals surface area contributed by atoms with Crippen LogP contribution in [0.25, 0.3) is 10.8 Å². The van der Waals surface area contributed by atoms with Crippen LogP contribution in [0.1, 0.15) is 56.3 Å². The van der Waals surface area contributed by atoms with Crippen LogP contribution in [-0.2, 0) is 0 Å². The predicted molar refractivity (Wildman–Crippen MR) is 86.4 cm³/mol. The lowest BCUT2D eigenvalue weighted by Crippen LogP contribution is -2.30. The summed E-state index contributed by atoms with van der Waals surface area (Å²) in [7, 11) is 0. The molecule has 21 heavy (non-hydrogen) atoms. The fourth-order valence-corrected chi connectivity index (χ4v) is 3.94. The highest BCUT2D eigenvalue weighted by atomic mass is 16.1. The molecular weight excluding hydrogens is 258 g/mol. The van der Waals surface area contributed by atoms with E-state index in [9.17, 15) is 4.79 Å². The van der Waals surface area contributed by atoms with Gasteiger partial charge < -0.3 is 0 Å². The van der Waals surface area contributed by atoms with E-state index in [0.717, 1.165) is 35.6 Å². The highest BCUT2D eigenvalue weighted by Crippen LogP contribution is 2.46. The molecule has 0 spiro atoms. The Morgan fingerprint density at radius 2 is 1.90 bits per heavy atom. The molecule has 1 aliphatic rings. The van der Waals surface area contributed by atoms with Gasteiger partial charge in [0.2, 0.25) is 0 Å². The smallest absolute Gasteiger partial charge is 0.171 e. The van der Waals surface area contributed by atoms with Gasteiger partial charge in [0.05, 0.1) is 0 Å². The van der Waals surface area contributed by atoms with Crippen molar-refractivity contribution in [3.8, 4) is 0 Å². The number of pyridine rings is 1. The molecule has 2 nitrogen and oxygen atoms in total. The van der Waals surface area contributed by atoms with Crippen LogP contribution in [0.15, 0.2) is 36.7 Å². The molecule has 1 aromatic heterocycles. The Labute approximate surface area is 126 Å². The van der Waals surface area contributed by atoms with Crippen molar-refractivity contribution in [2.75, 3.05) is 0 Å². The van der Waals surface area contributed by atoms with Crippen LogP contribution in [-0.4, -0.2) is 10.8 Å². The Morgan fingerprint density at radius 3 is 2.62 bits per heavy atom. The first-order valence-electron chi connectivity index (χ1n) is 8.00. The van der Waals surface area contributed by atoms with Crippen LogP contribution >= 0.6 is 0 Å². The van der Waals surface area contributed by atoms with Gasteiger partial charge in [0.1, 0.15) is 0 Å². The van der Waals surface area contributed by atoms with Crippen molar-refractivity contribution in [1.29, 1.82) is 0 Å². The van der Waals surface area contributed by atoms with Crippen LogP contribution < -0.4 is 0 Å². The van der Waals surface area contributed by atoms with E-state index in [2.05, 4.69) is 18.8 Å². The minimum absolute atomic E-state index is 0.153. The van der Waals surface area contributed by atoms with Crippen molar-refractivity contribution in [3.05, 3.63) is 42.2 Å². The van der Waals surface area contributed by atoms with Gasteiger partial charge in [0.25, 0.3) is 0 Å². The minimum Gasteiger partial charge on any atom is -0.293 e. The Kier molecular flexibility index (Phi) is 3.79. The number of nitrogens with zero attached hydrogens (tertiary/aromatic N) is 1. The minimum atomic E-state index is -0.153. The molecule has 0 amide bonds. The lowest BCUT2D eigenvalue weighted by molar-refractivity contribution is 0.0761. The number of hydrogen-bond acceptors (Lipinski definition) is 2. The maximum absolute atomic E-state index is 13.3. The molecule has 1 fully saturated rings. The monoisotopic (exact) mass is 281 g/mol. The summed E-state index contributed by atoms with van der Waals surface area (Å²) >= 11 is 0. The van der Waals surface area contributed by atoms with Gasteiger partial charge in [0.15, 0.2) is 5.78 Å². The van der Waals surface area contributed by atoms with E-state index in [4.69, 9.17) is 0 Å². The van der Waals surface area contributed by atoms with Gasteiger partial charge in [-0.05, 0) is 30.6 Å². The summed E-state index contributed by atoms with van der Waals surface area (Å²) in [6.07, 6.45) is 9.03. The molecule has 0 atom stereocenters. The summed E-state index contributed by atoms with van der Waals surface area (Å²) in [6, 6.07) is 8.08. The Bertz CT molecular complexity index is 648. The van der Waals surface area contributed by atoms with Crippen LogP contribution in [0.2, 0.25) is 0 Å². The maximum Gasteiger partial charge on any atom is 0.171 e. The highest BCUT2D eigenvalue weighted by molar-refractivity contribution is 6.10. The van der Waals surface area contributed by atoms with Gasteiger partial charge in [-0.15, -0.1) is 0 Å². The van der Waals surface area contributed by atoms with Crippen LogP contribution in [0.4, 0.5) is 0 Å². The molecule has 0 aliphatic heterocycles. The number of rotatable bonds is 4. The van der Waals surface area contributed by atoms with Gasteiger partial charge in [-0.3, -0.25) is 9.78 Å². The summed E-state index contributed by atoms with van der Waals surface area (Å²) in [5.74, 6) is 0.869. The van der Waals surface area contributed by atoms with Crippen molar-refractivity contribution in [3.63, 3.8) is 0 Å². The number of fused-ring (bicyclic) bond motifs is 1. The maximum atomic E-state index is 13.3. The normalized spacial score (nSPS) is 17.5. The zero-order valence-electron chi connectivity index (χ0n) is 12.9. The Hall–Kier alpha value is -1.70. The van der Waals surface area contributed by atoms with Crippen molar-refractivity contribution < 1.29 is 4.79 Å². The molecule has 3 rings (SSSR count). The lowest BCUT2D eigenvalue weighted by Gasteiger charge is -2.29. The van der Waals surface area contributed by atoms with Crippen LogP contribution in [0.5, 0.6) is 0 Å². The molecule has 1 aromatic carbocycles. The predicted octanol–water partition coefficient (Wildman–Crippen LogP) is 5.02. The first-order valence-corrected chi connectivity index (χ1v) is 8.00. The molecule has 1 heterocycles. The zero-order valence-corrected chi connectivity index (χ0v) is 12.9. The molecule has 2 aromatic rings. The largest absolute Gasteiger partial charge is 0.293 e. The third-order valence-corrected chi connectivity index (χ3v) is 4.75. The summed E-state index contributed by atoms with van der Waals surface area (Å²) in [6.45, 7) is 4.43. The SMILES string of the molecule is CC(C)CC1(C(=O)c2cncc3ccccc23)CCCC1. The number of carbonyl (C=O) groups is 1.